The number of rotatable bonds is 7. The Morgan fingerprint density at radius 2 is 1.93 bits per heavy atom. The Morgan fingerprint density at radius 1 is 1.21 bits per heavy atom. The molecule has 0 spiro atoms. The van der Waals surface area contributed by atoms with Crippen LogP contribution in [0, 0.1) is 17.1 Å². The summed E-state index contributed by atoms with van der Waals surface area (Å²) in [4.78, 5) is 18.7. The van der Waals surface area contributed by atoms with Gasteiger partial charge < -0.3 is 9.32 Å². The number of amides is 1. The van der Waals surface area contributed by atoms with Crippen molar-refractivity contribution in [1.82, 2.24) is 9.88 Å². The summed E-state index contributed by atoms with van der Waals surface area (Å²) >= 11 is 0. The summed E-state index contributed by atoms with van der Waals surface area (Å²) in [5.41, 5.74) is 1.90. The number of carbonyl (C=O) groups is 1. The normalized spacial score (nSPS) is 10.7. The van der Waals surface area contributed by atoms with Gasteiger partial charge in [0.15, 0.2) is 11.7 Å². The molecule has 0 unspecified atom stereocenters. The third-order valence-corrected chi connectivity index (χ3v) is 4.63. The topological polar surface area (TPSA) is 70.1 Å². The molecule has 0 fully saturated rings. The molecule has 0 N–H and O–H groups in total. The minimum absolute atomic E-state index is 0.0185. The molecule has 2 aromatic carbocycles. The fourth-order valence-corrected chi connectivity index (χ4v) is 3.01. The van der Waals surface area contributed by atoms with E-state index in [4.69, 9.17) is 9.68 Å². The van der Waals surface area contributed by atoms with Crippen LogP contribution in [0.25, 0.3) is 11.3 Å². The molecular formula is C23H22FN3O2. The highest BCUT2D eigenvalue weighted by atomic mass is 19.1. The molecule has 3 aromatic rings. The lowest BCUT2D eigenvalue weighted by atomic mass is 10.1. The lowest BCUT2D eigenvalue weighted by Crippen LogP contribution is -2.36. The Labute approximate surface area is 169 Å². The van der Waals surface area contributed by atoms with Crippen molar-refractivity contribution in [2.45, 2.75) is 39.3 Å². The zero-order chi connectivity index (χ0) is 20.8. The van der Waals surface area contributed by atoms with Crippen molar-refractivity contribution in [3.05, 3.63) is 77.6 Å². The van der Waals surface area contributed by atoms with E-state index < -0.39 is 0 Å². The SMILES string of the molecule is CC(C)N(Cc1ccc(C#N)cc1)C(=O)CCc1ncc(-c2ccccc2F)o1. The molecule has 0 aliphatic rings. The second kappa shape index (κ2) is 9.16. The molecule has 0 saturated heterocycles. The van der Waals surface area contributed by atoms with Gasteiger partial charge in [-0.15, -0.1) is 0 Å². The van der Waals surface area contributed by atoms with E-state index in [0.717, 1.165) is 5.56 Å². The van der Waals surface area contributed by atoms with Crippen LogP contribution in [-0.4, -0.2) is 21.8 Å². The van der Waals surface area contributed by atoms with Gasteiger partial charge in [0.2, 0.25) is 5.91 Å². The van der Waals surface area contributed by atoms with Crippen LogP contribution in [0.3, 0.4) is 0 Å². The third-order valence-electron chi connectivity index (χ3n) is 4.63. The number of carbonyl (C=O) groups excluding carboxylic acids is 1. The molecule has 0 bridgehead atoms. The van der Waals surface area contributed by atoms with Crippen LogP contribution in [0.2, 0.25) is 0 Å². The van der Waals surface area contributed by atoms with Crippen molar-refractivity contribution < 1.29 is 13.6 Å². The zero-order valence-electron chi connectivity index (χ0n) is 16.4. The molecule has 0 atom stereocenters. The second-order valence-corrected chi connectivity index (χ2v) is 7.02. The number of halogens is 1. The highest BCUT2D eigenvalue weighted by Crippen LogP contribution is 2.24. The summed E-state index contributed by atoms with van der Waals surface area (Å²) in [6.07, 6.45) is 2.06. The Hall–Kier alpha value is -3.46. The highest BCUT2D eigenvalue weighted by molar-refractivity contribution is 5.76. The molecule has 0 aliphatic carbocycles. The van der Waals surface area contributed by atoms with Crippen molar-refractivity contribution in [2.24, 2.45) is 0 Å². The Bertz CT molecular complexity index is 1020. The number of hydrogen-bond donors (Lipinski definition) is 0. The Balaban J connectivity index is 1.63. The molecule has 1 aromatic heterocycles. The average molecular weight is 391 g/mol. The van der Waals surface area contributed by atoms with Crippen LogP contribution in [0.4, 0.5) is 4.39 Å². The first-order chi connectivity index (χ1) is 14.0. The standard InChI is InChI=1S/C23H22FN3O2/c1-16(2)27(15-18-9-7-17(13-25)8-10-18)23(28)12-11-22-26-14-21(29-22)19-5-3-4-6-20(19)24/h3-10,14,16H,11-12,15H2,1-2H3. The third kappa shape index (κ3) is 5.08. The lowest BCUT2D eigenvalue weighted by molar-refractivity contribution is -0.133. The molecule has 148 valence electrons. The smallest absolute Gasteiger partial charge is 0.223 e. The number of hydrogen-bond acceptors (Lipinski definition) is 4. The van der Waals surface area contributed by atoms with Gasteiger partial charge in [0, 0.05) is 25.4 Å². The average Bonchev–Trinajstić information content (AvgIpc) is 3.19. The van der Waals surface area contributed by atoms with Gasteiger partial charge in [0.1, 0.15) is 5.82 Å². The summed E-state index contributed by atoms with van der Waals surface area (Å²) in [5, 5.41) is 8.90. The van der Waals surface area contributed by atoms with Crippen LogP contribution in [0.5, 0.6) is 0 Å². The first kappa shape index (κ1) is 20.3. The summed E-state index contributed by atoms with van der Waals surface area (Å²) in [6.45, 7) is 4.39. The van der Waals surface area contributed by atoms with Gasteiger partial charge in [-0.3, -0.25) is 4.79 Å². The second-order valence-electron chi connectivity index (χ2n) is 7.02. The van der Waals surface area contributed by atoms with Crippen LogP contribution < -0.4 is 0 Å². The predicted octanol–water partition coefficient (Wildman–Crippen LogP) is 4.72. The van der Waals surface area contributed by atoms with Crippen molar-refractivity contribution in [2.75, 3.05) is 0 Å². The largest absolute Gasteiger partial charge is 0.441 e. The number of nitrogens with zero attached hydrogens (tertiary/aromatic N) is 3. The van der Waals surface area contributed by atoms with Gasteiger partial charge in [-0.2, -0.15) is 5.26 Å². The van der Waals surface area contributed by atoms with Crippen LogP contribution in [0.15, 0.2) is 59.1 Å². The van der Waals surface area contributed by atoms with E-state index in [1.807, 2.05) is 26.0 Å². The lowest BCUT2D eigenvalue weighted by Gasteiger charge is -2.27. The zero-order valence-corrected chi connectivity index (χ0v) is 16.4. The van der Waals surface area contributed by atoms with E-state index >= 15 is 0 Å². The van der Waals surface area contributed by atoms with Crippen molar-refractivity contribution >= 4 is 5.91 Å². The molecule has 0 aliphatic heterocycles. The molecule has 0 radical (unpaired) electrons. The Kier molecular flexibility index (Phi) is 6.40. The van der Waals surface area contributed by atoms with Crippen molar-refractivity contribution in [3.8, 4) is 17.4 Å². The maximum absolute atomic E-state index is 13.9. The number of aryl methyl sites for hydroxylation is 1. The minimum Gasteiger partial charge on any atom is -0.441 e. The van der Waals surface area contributed by atoms with Crippen molar-refractivity contribution in [1.29, 1.82) is 5.26 Å². The fraction of sp³-hybridized carbons (Fsp3) is 0.261. The number of nitriles is 1. The van der Waals surface area contributed by atoms with Crippen LogP contribution >= 0.6 is 0 Å². The molecule has 3 rings (SSSR count). The quantitative estimate of drug-likeness (QED) is 0.584. The summed E-state index contributed by atoms with van der Waals surface area (Å²) in [7, 11) is 0. The number of aromatic nitrogens is 1. The van der Waals surface area contributed by atoms with E-state index in [2.05, 4.69) is 11.1 Å². The van der Waals surface area contributed by atoms with E-state index in [9.17, 15) is 9.18 Å². The maximum atomic E-state index is 13.9. The first-order valence-electron chi connectivity index (χ1n) is 9.46. The monoisotopic (exact) mass is 391 g/mol. The highest BCUT2D eigenvalue weighted by Gasteiger charge is 2.19. The molecule has 6 heteroatoms. The van der Waals surface area contributed by atoms with Crippen LogP contribution in [0.1, 0.15) is 37.3 Å². The van der Waals surface area contributed by atoms with E-state index in [1.165, 1.54) is 12.3 Å². The van der Waals surface area contributed by atoms with E-state index in [1.54, 1.807) is 35.2 Å². The molecule has 1 amide bonds. The summed E-state index contributed by atoms with van der Waals surface area (Å²) < 4.78 is 19.5. The molecule has 5 nitrogen and oxygen atoms in total. The maximum Gasteiger partial charge on any atom is 0.223 e. The molecule has 1 heterocycles. The van der Waals surface area contributed by atoms with Crippen LogP contribution in [-0.2, 0) is 17.8 Å². The molecule has 0 saturated carbocycles. The summed E-state index contributed by atoms with van der Waals surface area (Å²) in [5.74, 6) is 0.359. The molecular weight excluding hydrogens is 369 g/mol. The number of benzene rings is 2. The van der Waals surface area contributed by atoms with E-state index in [0.29, 0.717) is 35.7 Å². The van der Waals surface area contributed by atoms with Crippen molar-refractivity contribution in [3.63, 3.8) is 0 Å². The van der Waals surface area contributed by atoms with Gasteiger partial charge in [0.05, 0.1) is 23.4 Å². The van der Waals surface area contributed by atoms with E-state index in [-0.39, 0.29) is 24.2 Å². The molecule has 29 heavy (non-hydrogen) atoms. The Morgan fingerprint density at radius 3 is 2.59 bits per heavy atom. The van der Waals surface area contributed by atoms with Gasteiger partial charge in [-0.1, -0.05) is 24.3 Å². The predicted molar refractivity (Wildman–Crippen MR) is 107 cm³/mol. The van der Waals surface area contributed by atoms with Gasteiger partial charge in [-0.05, 0) is 43.7 Å². The fourth-order valence-electron chi connectivity index (χ4n) is 3.01. The number of oxazole rings is 1. The minimum atomic E-state index is -0.375. The van der Waals surface area contributed by atoms with Gasteiger partial charge >= 0.3 is 0 Å². The summed E-state index contributed by atoms with van der Waals surface area (Å²) in [6, 6.07) is 15.7. The van der Waals surface area contributed by atoms with Gasteiger partial charge in [0.25, 0.3) is 0 Å². The first-order valence-corrected chi connectivity index (χ1v) is 9.46. The van der Waals surface area contributed by atoms with Gasteiger partial charge in [-0.25, -0.2) is 9.37 Å².